The summed E-state index contributed by atoms with van der Waals surface area (Å²) in [6.45, 7) is 8.34. The fraction of sp³-hybridized carbons (Fsp3) is 0.667. The summed E-state index contributed by atoms with van der Waals surface area (Å²) < 4.78 is 0. The third kappa shape index (κ3) is 7.90. The Morgan fingerprint density at radius 1 is 1.33 bits per heavy atom. The number of hydrogen-bond acceptors (Lipinski definition) is 5. The molecule has 5 nitrogen and oxygen atoms in total. The Morgan fingerprint density at radius 2 is 2.05 bits per heavy atom. The number of anilines is 1. The van der Waals surface area contributed by atoms with Gasteiger partial charge in [-0.15, -0.1) is 0 Å². The number of carbonyl (C=O) groups is 1. The van der Waals surface area contributed by atoms with Crippen molar-refractivity contribution in [3.05, 3.63) is 11.8 Å². The number of carbonyl (C=O) groups excluding carboxylic acids is 1. The normalized spacial score (nSPS) is 12.4. The zero-order valence-electron chi connectivity index (χ0n) is 13.3. The highest BCUT2D eigenvalue weighted by Crippen LogP contribution is 2.15. The minimum Gasteiger partial charge on any atom is -0.384 e. The van der Waals surface area contributed by atoms with Crippen LogP contribution in [0.4, 0.5) is 5.82 Å². The van der Waals surface area contributed by atoms with Crippen molar-refractivity contribution in [2.24, 2.45) is 5.92 Å². The summed E-state index contributed by atoms with van der Waals surface area (Å²) in [4.78, 5) is 20.2. The molecule has 3 N–H and O–H groups in total. The fourth-order valence-corrected chi connectivity index (χ4v) is 2.70. The molecule has 1 heterocycles. The van der Waals surface area contributed by atoms with Crippen LogP contribution in [0.2, 0.25) is 0 Å². The molecule has 0 fully saturated rings. The molecule has 118 valence electrons. The highest BCUT2D eigenvalue weighted by molar-refractivity contribution is 7.99. The summed E-state index contributed by atoms with van der Waals surface area (Å²) in [6.07, 6.45) is 3.36. The second kappa shape index (κ2) is 8.87. The summed E-state index contributed by atoms with van der Waals surface area (Å²) in [5, 5.41) is 3.56. The van der Waals surface area contributed by atoms with E-state index in [0.29, 0.717) is 22.6 Å². The zero-order valence-corrected chi connectivity index (χ0v) is 14.2. The van der Waals surface area contributed by atoms with E-state index < -0.39 is 0 Å². The minimum absolute atomic E-state index is 0.0146. The summed E-state index contributed by atoms with van der Waals surface area (Å²) in [5.74, 6) is 1.48. The second-order valence-electron chi connectivity index (χ2n) is 5.80. The highest BCUT2D eigenvalue weighted by atomic mass is 32.2. The largest absolute Gasteiger partial charge is 0.384 e. The van der Waals surface area contributed by atoms with Gasteiger partial charge in [-0.05, 0) is 26.2 Å². The molecule has 1 aromatic rings. The number of nitrogens with zero attached hydrogens (tertiary/aromatic N) is 2. The van der Waals surface area contributed by atoms with Crippen LogP contribution in [-0.2, 0) is 4.79 Å². The second-order valence-corrected chi connectivity index (χ2v) is 6.74. The lowest BCUT2D eigenvalue weighted by atomic mass is 10.0. The first-order valence-corrected chi connectivity index (χ1v) is 8.38. The first kappa shape index (κ1) is 17.8. The molecule has 0 aliphatic rings. The quantitative estimate of drug-likeness (QED) is 0.570. The minimum atomic E-state index is 0.0146. The summed E-state index contributed by atoms with van der Waals surface area (Å²) in [6, 6.07) is 1.92. The molecule has 1 aromatic heterocycles. The maximum atomic E-state index is 11.9. The van der Waals surface area contributed by atoms with Crippen LogP contribution in [0.3, 0.4) is 0 Å². The molecule has 0 saturated carbocycles. The monoisotopic (exact) mass is 310 g/mol. The smallest absolute Gasteiger partial charge is 0.230 e. The van der Waals surface area contributed by atoms with Gasteiger partial charge in [-0.25, -0.2) is 9.97 Å². The highest BCUT2D eigenvalue weighted by Gasteiger charge is 2.10. The molecule has 21 heavy (non-hydrogen) atoms. The average molecular weight is 310 g/mol. The van der Waals surface area contributed by atoms with E-state index in [1.165, 1.54) is 18.2 Å². The predicted molar refractivity (Wildman–Crippen MR) is 88.2 cm³/mol. The van der Waals surface area contributed by atoms with Crippen LogP contribution in [0.15, 0.2) is 11.2 Å². The molecule has 1 amide bonds. The van der Waals surface area contributed by atoms with Gasteiger partial charge in [-0.3, -0.25) is 4.79 Å². The summed E-state index contributed by atoms with van der Waals surface area (Å²) >= 11 is 1.31. The van der Waals surface area contributed by atoms with Gasteiger partial charge in [0.25, 0.3) is 0 Å². The number of nitrogen functional groups attached to an aromatic ring is 1. The number of thioether (sulfide) groups is 1. The van der Waals surface area contributed by atoms with Crippen molar-refractivity contribution in [2.75, 3.05) is 11.5 Å². The Kier molecular flexibility index (Phi) is 7.50. The number of nitrogens with one attached hydrogen (secondary N) is 1. The van der Waals surface area contributed by atoms with Gasteiger partial charge in [0, 0.05) is 17.8 Å². The maximum absolute atomic E-state index is 11.9. The van der Waals surface area contributed by atoms with E-state index >= 15 is 0 Å². The van der Waals surface area contributed by atoms with Crippen molar-refractivity contribution in [2.45, 2.75) is 58.2 Å². The first-order chi connectivity index (χ1) is 9.86. The Labute approximate surface area is 131 Å². The number of aryl methyl sites for hydroxylation is 1. The van der Waals surface area contributed by atoms with E-state index in [0.717, 1.165) is 18.5 Å². The van der Waals surface area contributed by atoms with Crippen LogP contribution in [-0.4, -0.2) is 27.7 Å². The third-order valence-corrected chi connectivity index (χ3v) is 3.86. The van der Waals surface area contributed by atoms with Crippen LogP contribution in [0.25, 0.3) is 0 Å². The lowest BCUT2D eigenvalue weighted by molar-refractivity contribution is -0.119. The van der Waals surface area contributed by atoms with E-state index in [2.05, 4.69) is 29.1 Å². The van der Waals surface area contributed by atoms with Gasteiger partial charge in [0.15, 0.2) is 5.16 Å². The van der Waals surface area contributed by atoms with Gasteiger partial charge in [-0.2, -0.15) is 0 Å². The van der Waals surface area contributed by atoms with Crippen molar-refractivity contribution < 1.29 is 4.79 Å². The van der Waals surface area contributed by atoms with Crippen LogP contribution in [0.5, 0.6) is 0 Å². The first-order valence-electron chi connectivity index (χ1n) is 7.40. The number of rotatable bonds is 8. The van der Waals surface area contributed by atoms with Gasteiger partial charge in [0.2, 0.25) is 5.91 Å². The van der Waals surface area contributed by atoms with Gasteiger partial charge < -0.3 is 11.1 Å². The van der Waals surface area contributed by atoms with Gasteiger partial charge in [0.05, 0.1) is 5.75 Å². The van der Waals surface area contributed by atoms with Gasteiger partial charge in [0.1, 0.15) is 5.82 Å². The van der Waals surface area contributed by atoms with Crippen molar-refractivity contribution in [3.63, 3.8) is 0 Å². The molecule has 0 saturated heterocycles. The Balaban J connectivity index is 2.30. The Morgan fingerprint density at radius 3 is 2.67 bits per heavy atom. The Bertz CT molecular complexity index is 445. The standard InChI is InChI=1S/C15H26N4OS/c1-10(2)6-5-7-11(3)17-14(20)9-21-15-18-12(4)8-13(16)19-15/h8,10-11H,5-7,9H2,1-4H3,(H,17,20)(H2,16,18,19). The van der Waals surface area contributed by atoms with Crippen molar-refractivity contribution in [1.29, 1.82) is 0 Å². The van der Waals surface area contributed by atoms with Crippen molar-refractivity contribution in [3.8, 4) is 0 Å². The molecule has 0 bridgehead atoms. The maximum Gasteiger partial charge on any atom is 0.230 e. The molecule has 1 rings (SSSR count). The fourth-order valence-electron chi connectivity index (χ4n) is 1.98. The average Bonchev–Trinajstić information content (AvgIpc) is 2.34. The molecule has 0 aromatic carbocycles. The summed E-state index contributed by atoms with van der Waals surface area (Å²) in [7, 11) is 0. The molecular weight excluding hydrogens is 284 g/mol. The zero-order chi connectivity index (χ0) is 15.8. The molecule has 1 atom stereocenters. The Hall–Kier alpha value is -1.30. The van der Waals surface area contributed by atoms with E-state index in [1.807, 2.05) is 13.8 Å². The number of hydrogen-bond donors (Lipinski definition) is 2. The van der Waals surface area contributed by atoms with E-state index in [1.54, 1.807) is 6.07 Å². The molecular formula is C15H26N4OS. The SMILES string of the molecule is Cc1cc(N)nc(SCC(=O)NC(C)CCCC(C)C)n1. The van der Waals surface area contributed by atoms with Crippen LogP contribution >= 0.6 is 11.8 Å². The van der Waals surface area contributed by atoms with Gasteiger partial charge >= 0.3 is 0 Å². The molecule has 0 spiro atoms. The number of nitrogens with two attached hydrogens (primary N) is 1. The molecule has 0 aliphatic carbocycles. The van der Waals surface area contributed by atoms with Crippen LogP contribution in [0, 0.1) is 12.8 Å². The van der Waals surface area contributed by atoms with E-state index in [-0.39, 0.29) is 11.9 Å². The molecule has 0 radical (unpaired) electrons. The van der Waals surface area contributed by atoms with Crippen molar-refractivity contribution in [1.82, 2.24) is 15.3 Å². The topological polar surface area (TPSA) is 80.9 Å². The van der Waals surface area contributed by atoms with Gasteiger partial charge in [-0.1, -0.05) is 38.5 Å². The van der Waals surface area contributed by atoms with Crippen molar-refractivity contribution >= 4 is 23.5 Å². The van der Waals surface area contributed by atoms with E-state index in [4.69, 9.17) is 5.73 Å². The lowest BCUT2D eigenvalue weighted by Crippen LogP contribution is -2.33. The third-order valence-electron chi connectivity index (χ3n) is 3.01. The molecule has 0 aliphatic heterocycles. The summed E-state index contributed by atoms with van der Waals surface area (Å²) in [5.41, 5.74) is 6.47. The van der Waals surface area contributed by atoms with Crippen LogP contribution in [0.1, 0.15) is 45.7 Å². The molecule has 6 heteroatoms. The predicted octanol–water partition coefficient (Wildman–Crippen LogP) is 2.79. The molecule has 1 unspecified atom stereocenters. The number of aromatic nitrogens is 2. The van der Waals surface area contributed by atoms with E-state index in [9.17, 15) is 4.79 Å². The number of amides is 1. The lowest BCUT2D eigenvalue weighted by Gasteiger charge is -2.14. The van der Waals surface area contributed by atoms with Crippen LogP contribution < -0.4 is 11.1 Å².